The van der Waals surface area contributed by atoms with E-state index in [9.17, 15) is 9.59 Å². The van der Waals surface area contributed by atoms with Gasteiger partial charge in [0.15, 0.2) is 11.5 Å². The summed E-state index contributed by atoms with van der Waals surface area (Å²) in [6.07, 6.45) is 1.81. The number of ether oxygens (including phenoxy) is 2. The molecule has 154 valence electrons. The van der Waals surface area contributed by atoms with E-state index in [-0.39, 0.29) is 24.1 Å². The smallest absolute Gasteiger partial charge is 0.261 e. The standard InChI is InChI=1S/C23H23N3O4/c1-15-24-18-6-3-2-5-17(18)23(28)26(15)14-22(27)25-10-4-7-19(25)16-8-9-20-21(13-16)30-12-11-29-20/h2-3,5-6,8-9,13,19H,4,7,10-12,14H2,1H3/t19-/m1/s1. The molecule has 2 aliphatic rings. The molecular weight excluding hydrogens is 382 g/mol. The Balaban J connectivity index is 1.42. The summed E-state index contributed by atoms with van der Waals surface area (Å²) in [4.78, 5) is 32.5. The number of aryl methyl sites for hydroxylation is 1. The Kier molecular flexibility index (Phi) is 4.65. The molecule has 0 radical (unpaired) electrons. The van der Waals surface area contributed by atoms with Crippen LogP contribution in [0.25, 0.3) is 10.9 Å². The van der Waals surface area contributed by atoms with Crippen LogP contribution < -0.4 is 15.0 Å². The maximum atomic E-state index is 13.2. The van der Waals surface area contributed by atoms with Crippen molar-refractivity contribution in [2.45, 2.75) is 32.4 Å². The van der Waals surface area contributed by atoms with E-state index in [0.29, 0.717) is 36.5 Å². The van der Waals surface area contributed by atoms with Gasteiger partial charge in [0.1, 0.15) is 25.6 Å². The summed E-state index contributed by atoms with van der Waals surface area (Å²) < 4.78 is 12.8. The van der Waals surface area contributed by atoms with Crippen LogP contribution in [0.2, 0.25) is 0 Å². The quantitative estimate of drug-likeness (QED) is 0.670. The molecule has 0 saturated carbocycles. The lowest BCUT2D eigenvalue weighted by Crippen LogP contribution is -2.37. The third kappa shape index (κ3) is 3.20. The molecule has 2 aliphatic heterocycles. The summed E-state index contributed by atoms with van der Waals surface area (Å²) in [6.45, 7) is 3.51. The molecule has 0 bridgehead atoms. The van der Waals surface area contributed by atoms with Gasteiger partial charge in [-0.2, -0.15) is 0 Å². The number of carbonyl (C=O) groups is 1. The molecule has 1 atom stereocenters. The number of nitrogens with zero attached hydrogens (tertiary/aromatic N) is 3. The molecule has 2 aromatic carbocycles. The van der Waals surface area contributed by atoms with Crippen LogP contribution in [0.15, 0.2) is 47.3 Å². The topological polar surface area (TPSA) is 73.7 Å². The zero-order valence-corrected chi connectivity index (χ0v) is 16.8. The number of hydrogen-bond acceptors (Lipinski definition) is 5. The predicted octanol–water partition coefficient (Wildman–Crippen LogP) is 2.84. The summed E-state index contributed by atoms with van der Waals surface area (Å²) in [7, 11) is 0. The Morgan fingerprint density at radius 2 is 1.93 bits per heavy atom. The average Bonchev–Trinajstić information content (AvgIpc) is 3.26. The van der Waals surface area contributed by atoms with Crippen molar-refractivity contribution in [3.05, 3.63) is 64.2 Å². The molecule has 0 N–H and O–H groups in total. The van der Waals surface area contributed by atoms with Gasteiger partial charge in [-0.05, 0) is 49.6 Å². The largest absolute Gasteiger partial charge is 0.486 e. The van der Waals surface area contributed by atoms with Crippen molar-refractivity contribution in [1.29, 1.82) is 0 Å². The first-order valence-corrected chi connectivity index (χ1v) is 10.3. The summed E-state index contributed by atoms with van der Waals surface area (Å²) in [5.74, 6) is 1.94. The summed E-state index contributed by atoms with van der Waals surface area (Å²) in [6, 6.07) is 13.1. The molecule has 7 heteroatoms. The van der Waals surface area contributed by atoms with Gasteiger partial charge in [0, 0.05) is 6.54 Å². The van der Waals surface area contributed by atoms with Gasteiger partial charge in [-0.1, -0.05) is 18.2 Å². The van der Waals surface area contributed by atoms with Crippen molar-refractivity contribution in [3.63, 3.8) is 0 Å². The first kappa shape index (κ1) is 18.7. The average molecular weight is 405 g/mol. The molecule has 1 amide bonds. The first-order valence-electron chi connectivity index (χ1n) is 10.3. The van der Waals surface area contributed by atoms with Gasteiger partial charge in [0.2, 0.25) is 5.91 Å². The summed E-state index contributed by atoms with van der Waals surface area (Å²) >= 11 is 0. The van der Waals surface area contributed by atoms with Crippen molar-refractivity contribution < 1.29 is 14.3 Å². The zero-order chi connectivity index (χ0) is 20.7. The number of carbonyl (C=O) groups excluding carboxylic acids is 1. The second kappa shape index (κ2) is 7.48. The Bertz CT molecular complexity index is 1190. The number of rotatable bonds is 3. The molecule has 7 nitrogen and oxygen atoms in total. The monoisotopic (exact) mass is 405 g/mol. The fourth-order valence-corrected chi connectivity index (χ4v) is 4.37. The lowest BCUT2D eigenvalue weighted by molar-refractivity contribution is -0.132. The number of aromatic nitrogens is 2. The molecule has 5 rings (SSSR count). The summed E-state index contributed by atoms with van der Waals surface area (Å²) in [5.41, 5.74) is 1.51. The lowest BCUT2D eigenvalue weighted by atomic mass is 10.0. The minimum Gasteiger partial charge on any atom is -0.486 e. The molecular formula is C23H23N3O4. The Morgan fingerprint density at radius 1 is 1.13 bits per heavy atom. The normalized spacial score (nSPS) is 18.0. The van der Waals surface area contributed by atoms with E-state index < -0.39 is 0 Å². The lowest BCUT2D eigenvalue weighted by Gasteiger charge is -2.27. The highest BCUT2D eigenvalue weighted by atomic mass is 16.6. The SMILES string of the molecule is Cc1nc2ccccc2c(=O)n1CC(=O)N1CCC[C@@H]1c1ccc2c(c1)OCCO2. The molecule has 0 aliphatic carbocycles. The van der Waals surface area contributed by atoms with Crippen LogP contribution in [0, 0.1) is 6.92 Å². The van der Waals surface area contributed by atoms with E-state index in [0.717, 1.165) is 29.9 Å². The van der Waals surface area contributed by atoms with E-state index in [4.69, 9.17) is 9.47 Å². The van der Waals surface area contributed by atoms with Gasteiger partial charge < -0.3 is 14.4 Å². The van der Waals surface area contributed by atoms with Crippen molar-refractivity contribution in [2.75, 3.05) is 19.8 Å². The number of benzene rings is 2. The maximum absolute atomic E-state index is 13.2. The van der Waals surface area contributed by atoms with Crippen LogP contribution in [0.1, 0.15) is 30.3 Å². The maximum Gasteiger partial charge on any atom is 0.261 e. The molecule has 1 aromatic heterocycles. The second-order valence-electron chi connectivity index (χ2n) is 7.72. The van der Waals surface area contributed by atoms with E-state index in [1.54, 1.807) is 13.0 Å². The highest BCUT2D eigenvalue weighted by molar-refractivity contribution is 5.79. The van der Waals surface area contributed by atoms with Crippen molar-refractivity contribution in [2.24, 2.45) is 0 Å². The molecule has 0 spiro atoms. The van der Waals surface area contributed by atoms with Gasteiger partial charge in [-0.3, -0.25) is 14.2 Å². The van der Waals surface area contributed by atoms with Crippen LogP contribution in [0.4, 0.5) is 0 Å². The van der Waals surface area contributed by atoms with Gasteiger partial charge >= 0.3 is 0 Å². The number of fused-ring (bicyclic) bond motifs is 2. The fourth-order valence-electron chi connectivity index (χ4n) is 4.37. The Labute approximate surface area is 173 Å². The van der Waals surface area contributed by atoms with Crippen LogP contribution in [0.3, 0.4) is 0 Å². The van der Waals surface area contributed by atoms with Gasteiger partial charge in [-0.25, -0.2) is 4.98 Å². The second-order valence-corrected chi connectivity index (χ2v) is 7.72. The summed E-state index contributed by atoms with van der Waals surface area (Å²) in [5, 5.41) is 0.528. The number of likely N-dealkylation sites (tertiary alicyclic amines) is 1. The molecule has 0 unspecified atom stereocenters. The minimum atomic E-state index is -0.179. The van der Waals surface area contributed by atoms with Crippen molar-refractivity contribution in [1.82, 2.24) is 14.5 Å². The van der Waals surface area contributed by atoms with Gasteiger partial charge in [0.05, 0.1) is 16.9 Å². The predicted molar refractivity (Wildman–Crippen MR) is 112 cm³/mol. The fraction of sp³-hybridized carbons (Fsp3) is 0.348. The minimum absolute atomic E-state index is 0.0104. The van der Waals surface area contributed by atoms with E-state index >= 15 is 0 Å². The highest BCUT2D eigenvalue weighted by Crippen LogP contribution is 2.38. The van der Waals surface area contributed by atoms with Crippen LogP contribution >= 0.6 is 0 Å². The van der Waals surface area contributed by atoms with E-state index in [1.807, 2.05) is 41.3 Å². The molecule has 1 fully saturated rings. The molecule has 3 heterocycles. The molecule has 30 heavy (non-hydrogen) atoms. The van der Waals surface area contributed by atoms with Crippen LogP contribution in [-0.4, -0.2) is 40.1 Å². The third-order valence-corrected chi connectivity index (χ3v) is 5.87. The van der Waals surface area contributed by atoms with Crippen molar-refractivity contribution >= 4 is 16.8 Å². The van der Waals surface area contributed by atoms with Crippen molar-refractivity contribution in [3.8, 4) is 11.5 Å². The van der Waals surface area contributed by atoms with E-state index in [2.05, 4.69) is 4.98 Å². The van der Waals surface area contributed by atoms with Gasteiger partial charge in [-0.15, -0.1) is 0 Å². The zero-order valence-electron chi connectivity index (χ0n) is 16.8. The number of amides is 1. The molecule has 1 saturated heterocycles. The van der Waals surface area contributed by atoms with Gasteiger partial charge in [0.25, 0.3) is 5.56 Å². The molecule has 3 aromatic rings. The Hall–Kier alpha value is -3.35. The van der Waals surface area contributed by atoms with Crippen LogP contribution in [-0.2, 0) is 11.3 Å². The van der Waals surface area contributed by atoms with E-state index in [1.165, 1.54) is 4.57 Å². The Morgan fingerprint density at radius 3 is 2.80 bits per heavy atom. The number of hydrogen-bond donors (Lipinski definition) is 0. The highest BCUT2D eigenvalue weighted by Gasteiger charge is 2.31. The van der Waals surface area contributed by atoms with Crippen LogP contribution in [0.5, 0.6) is 11.5 Å². The third-order valence-electron chi connectivity index (χ3n) is 5.87. The first-order chi connectivity index (χ1) is 14.6. The number of para-hydroxylation sites is 1.